The first-order valence-corrected chi connectivity index (χ1v) is 16.1. The lowest BCUT2D eigenvalue weighted by molar-refractivity contribution is 0.779. The average Bonchev–Trinajstić information content (AvgIpc) is 3.07. The van der Waals surface area contributed by atoms with Gasteiger partial charge in [0.05, 0.1) is 18.1 Å². The fraction of sp³-hybridized carbons (Fsp3) is 0.0556. The zero-order valence-corrected chi connectivity index (χ0v) is 27.0. The monoisotopic (exact) mass is 692 g/mol. The van der Waals surface area contributed by atoms with Crippen LogP contribution in [0.15, 0.2) is 158 Å². The first-order chi connectivity index (χ1) is 22.0. The van der Waals surface area contributed by atoms with Gasteiger partial charge in [-0.15, -0.1) is 0 Å². The summed E-state index contributed by atoms with van der Waals surface area (Å²) in [6, 6.07) is 38.6. The highest BCUT2D eigenvalue weighted by Crippen LogP contribution is 2.32. The third-order valence-electron chi connectivity index (χ3n) is 7.05. The largest absolute Gasteiger partial charge is 0.288 e. The summed E-state index contributed by atoms with van der Waals surface area (Å²) < 4.78 is 4.40. The van der Waals surface area contributed by atoms with Crippen LogP contribution in [0.25, 0.3) is 22.1 Å². The second-order valence-electron chi connectivity index (χ2n) is 10.1. The van der Waals surface area contributed by atoms with Crippen LogP contribution in [-0.4, -0.2) is 19.1 Å². The molecule has 0 spiro atoms. The molecular formula is C36H26BrClN4O2S. The zero-order valence-electron chi connectivity index (χ0n) is 23.9. The number of nitrogens with zero attached hydrogens (tertiary/aromatic N) is 4. The van der Waals surface area contributed by atoms with Crippen LogP contribution in [0.3, 0.4) is 0 Å². The summed E-state index contributed by atoms with van der Waals surface area (Å²) in [5.74, 6) is 0. The summed E-state index contributed by atoms with van der Waals surface area (Å²) in [5.41, 5.74) is 3.28. The van der Waals surface area contributed by atoms with Crippen LogP contribution in [0.5, 0.6) is 0 Å². The fourth-order valence-corrected chi connectivity index (χ4v) is 6.36. The van der Waals surface area contributed by atoms with E-state index >= 15 is 0 Å². The molecule has 0 N–H and O–H groups in total. The summed E-state index contributed by atoms with van der Waals surface area (Å²) in [5, 5.41) is 2.22. The van der Waals surface area contributed by atoms with E-state index in [-0.39, 0.29) is 11.1 Å². The second-order valence-corrected chi connectivity index (χ2v) is 12.6. The molecule has 0 aliphatic carbocycles. The third-order valence-corrected chi connectivity index (χ3v) is 8.96. The van der Waals surface area contributed by atoms with Gasteiger partial charge in [0.15, 0.2) is 0 Å². The Morgan fingerprint density at radius 1 is 0.622 bits per heavy atom. The number of pyridine rings is 4. The van der Waals surface area contributed by atoms with Gasteiger partial charge in [0.25, 0.3) is 11.1 Å². The van der Waals surface area contributed by atoms with E-state index in [0.717, 1.165) is 36.2 Å². The molecule has 45 heavy (non-hydrogen) atoms. The third kappa shape index (κ3) is 7.26. The molecule has 0 aliphatic heterocycles. The van der Waals surface area contributed by atoms with E-state index in [9.17, 15) is 9.59 Å². The molecule has 4 aromatic heterocycles. The maximum absolute atomic E-state index is 12.8. The molecule has 7 rings (SSSR count). The van der Waals surface area contributed by atoms with E-state index < -0.39 is 0 Å². The molecule has 0 aliphatic rings. The molecule has 0 fully saturated rings. The molecule has 7 aromatic rings. The number of aromatic nitrogens is 4. The summed E-state index contributed by atoms with van der Waals surface area (Å²) >= 11 is 11.1. The standard InChI is InChI=1S/C21H15BrN2OS.C15H11ClN2O/c22-16-8-10-17(11-9-16)26-19-13-20(25)24(14-15-5-2-1-3-6-15)21-18(19)7-4-12-23-21;16-13-9-14(19)18(10-11-5-2-1-3-6-11)15-12(13)7-4-8-17-15/h1-13H,14H2;1-9H,10H2. The Bertz CT molecular complexity index is 2210. The Morgan fingerprint density at radius 3 is 1.71 bits per heavy atom. The summed E-state index contributed by atoms with van der Waals surface area (Å²) in [4.78, 5) is 35.7. The molecule has 0 saturated heterocycles. The van der Waals surface area contributed by atoms with Crippen LogP contribution in [0.4, 0.5) is 0 Å². The van der Waals surface area contributed by atoms with Gasteiger partial charge in [-0.05, 0) is 59.7 Å². The highest BCUT2D eigenvalue weighted by molar-refractivity contribution is 9.10. The maximum Gasteiger partial charge on any atom is 0.253 e. The van der Waals surface area contributed by atoms with Crippen LogP contribution in [0.1, 0.15) is 11.1 Å². The Hall–Kier alpha value is -4.50. The number of rotatable bonds is 6. The van der Waals surface area contributed by atoms with Crippen LogP contribution < -0.4 is 11.1 Å². The molecule has 0 bridgehead atoms. The van der Waals surface area contributed by atoms with Crippen molar-refractivity contribution < 1.29 is 0 Å². The predicted octanol–water partition coefficient (Wildman–Crippen LogP) is 8.46. The van der Waals surface area contributed by atoms with E-state index in [2.05, 4.69) is 25.9 Å². The van der Waals surface area contributed by atoms with Gasteiger partial charge in [0.1, 0.15) is 11.3 Å². The number of benzene rings is 3. The van der Waals surface area contributed by atoms with E-state index in [0.29, 0.717) is 29.4 Å². The Labute approximate surface area is 277 Å². The van der Waals surface area contributed by atoms with Gasteiger partial charge in [0, 0.05) is 49.6 Å². The van der Waals surface area contributed by atoms with Gasteiger partial charge in [-0.2, -0.15) is 0 Å². The molecule has 0 saturated carbocycles. The molecule has 222 valence electrons. The Morgan fingerprint density at radius 2 is 1.13 bits per heavy atom. The molecule has 6 nitrogen and oxygen atoms in total. The highest BCUT2D eigenvalue weighted by atomic mass is 79.9. The fourth-order valence-electron chi connectivity index (χ4n) is 4.90. The molecule has 0 amide bonds. The minimum atomic E-state index is -0.139. The zero-order chi connectivity index (χ0) is 31.2. The highest BCUT2D eigenvalue weighted by Gasteiger charge is 2.12. The molecule has 0 atom stereocenters. The van der Waals surface area contributed by atoms with Crippen LogP contribution in [-0.2, 0) is 13.1 Å². The van der Waals surface area contributed by atoms with Crippen molar-refractivity contribution in [2.45, 2.75) is 22.9 Å². The van der Waals surface area contributed by atoms with Crippen molar-refractivity contribution in [3.05, 3.63) is 175 Å². The number of hydrogen-bond acceptors (Lipinski definition) is 5. The summed E-state index contributed by atoms with van der Waals surface area (Å²) in [7, 11) is 0. The van der Waals surface area contributed by atoms with Crippen LogP contribution in [0.2, 0.25) is 5.02 Å². The SMILES string of the molecule is O=c1cc(Cl)c2cccnc2n1Cc1ccccc1.O=c1cc(Sc2ccc(Br)cc2)c2cccnc2n1Cc1ccccc1. The van der Waals surface area contributed by atoms with Crippen molar-refractivity contribution in [3.8, 4) is 0 Å². The second kappa shape index (κ2) is 14.1. The maximum atomic E-state index is 12.8. The average molecular weight is 694 g/mol. The Balaban J connectivity index is 0.000000167. The van der Waals surface area contributed by atoms with E-state index in [1.165, 1.54) is 6.07 Å². The van der Waals surface area contributed by atoms with E-state index in [1.54, 1.807) is 39.4 Å². The molecular weight excluding hydrogens is 668 g/mol. The van der Waals surface area contributed by atoms with Gasteiger partial charge >= 0.3 is 0 Å². The van der Waals surface area contributed by atoms with Gasteiger partial charge in [-0.1, -0.05) is 100.0 Å². The smallest absolute Gasteiger partial charge is 0.253 e. The molecule has 0 unspecified atom stereocenters. The lowest BCUT2D eigenvalue weighted by Crippen LogP contribution is -2.21. The molecule has 9 heteroatoms. The molecule has 4 heterocycles. The van der Waals surface area contributed by atoms with Gasteiger partial charge in [-0.3, -0.25) is 18.7 Å². The molecule has 3 aromatic carbocycles. The predicted molar refractivity (Wildman–Crippen MR) is 186 cm³/mol. The lowest BCUT2D eigenvalue weighted by atomic mass is 10.2. The number of hydrogen-bond donors (Lipinski definition) is 0. The lowest BCUT2D eigenvalue weighted by Gasteiger charge is -2.12. The normalized spacial score (nSPS) is 10.9. The minimum Gasteiger partial charge on any atom is -0.288 e. The summed E-state index contributed by atoms with van der Waals surface area (Å²) in [6.07, 6.45) is 3.40. The van der Waals surface area contributed by atoms with Crippen molar-refractivity contribution >= 4 is 61.4 Å². The topological polar surface area (TPSA) is 69.8 Å². The molecule has 0 radical (unpaired) electrons. The number of halogens is 2. The van der Waals surface area contributed by atoms with Crippen molar-refractivity contribution in [1.82, 2.24) is 19.1 Å². The van der Waals surface area contributed by atoms with Crippen molar-refractivity contribution in [1.29, 1.82) is 0 Å². The van der Waals surface area contributed by atoms with Crippen molar-refractivity contribution in [2.24, 2.45) is 0 Å². The Kier molecular flexibility index (Phi) is 9.55. The van der Waals surface area contributed by atoms with Gasteiger partial charge in [-0.25, -0.2) is 9.97 Å². The van der Waals surface area contributed by atoms with Gasteiger partial charge in [0.2, 0.25) is 0 Å². The number of fused-ring (bicyclic) bond motifs is 2. The van der Waals surface area contributed by atoms with E-state index in [1.807, 2.05) is 109 Å². The van der Waals surface area contributed by atoms with E-state index in [4.69, 9.17) is 11.6 Å². The first kappa shape index (κ1) is 30.5. The minimum absolute atomic E-state index is 0.0420. The summed E-state index contributed by atoms with van der Waals surface area (Å²) in [6.45, 7) is 1.00. The quantitative estimate of drug-likeness (QED) is 0.175. The van der Waals surface area contributed by atoms with Crippen LogP contribution in [0, 0.1) is 0 Å². The van der Waals surface area contributed by atoms with Crippen LogP contribution >= 0.6 is 39.3 Å². The van der Waals surface area contributed by atoms with Gasteiger partial charge < -0.3 is 0 Å². The van der Waals surface area contributed by atoms with Crippen molar-refractivity contribution in [3.63, 3.8) is 0 Å². The first-order valence-electron chi connectivity index (χ1n) is 14.1. The van der Waals surface area contributed by atoms with Crippen molar-refractivity contribution in [2.75, 3.05) is 0 Å².